The highest BCUT2D eigenvalue weighted by Crippen LogP contribution is 2.21. The largest absolute Gasteiger partial charge is 0.303 e. The van der Waals surface area contributed by atoms with Gasteiger partial charge in [-0.1, -0.05) is 19.6 Å². The quantitative estimate of drug-likeness (QED) is 0.715. The van der Waals surface area contributed by atoms with Gasteiger partial charge in [-0.2, -0.15) is 0 Å². The highest BCUT2D eigenvalue weighted by Gasteiger charge is 2.37. The van der Waals surface area contributed by atoms with Crippen molar-refractivity contribution in [2.24, 2.45) is 0 Å². The van der Waals surface area contributed by atoms with Gasteiger partial charge < -0.3 is 9.47 Å². The van der Waals surface area contributed by atoms with E-state index in [1.807, 2.05) is 0 Å². The van der Waals surface area contributed by atoms with Gasteiger partial charge >= 0.3 is 0 Å². The van der Waals surface area contributed by atoms with Crippen molar-refractivity contribution in [3.63, 3.8) is 0 Å². The molecule has 0 bridgehead atoms. The van der Waals surface area contributed by atoms with Crippen LogP contribution in [0, 0.1) is 0 Å². The van der Waals surface area contributed by atoms with Crippen molar-refractivity contribution in [1.29, 1.82) is 0 Å². The fourth-order valence-electron chi connectivity index (χ4n) is 2.87. The smallest absolute Gasteiger partial charge is 0.122 e. The first-order chi connectivity index (χ1) is 8.55. The molecule has 0 aromatic rings. The summed E-state index contributed by atoms with van der Waals surface area (Å²) in [5.74, 6) is 0. The Balaban J connectivity index is 3.02. The Bertz CT molecular complexity index is 274. The van der Waals surface area contributed by atoms with Crippen LogP contribution < -0.4 is 0 Å². The lowest BCUT2D eigenvalue weighted by Crippen LogP contribution is -2.67. The van der Waals surface area contributed by atoms with Crippen LogP contribution in [0.5, 0.6) is 0 Å². The fourth-order valence-corrected chi connectivity index (χ4v) is 3.93. The zero-order chi connectivity index (χ0) is 15.0. The second kappa shape index (κ2) is 6.22. The van der Waals surface area contributed by atoms with E-state index in [0.717, 1.165) is 13.1 Å². The van der Waals surface area contributed by atoms with Crippen molar-refractivity contribution in [1.82, 2.24) is 19.3 Å². The first kappa shape index (κ1) is 17.1. The molecular formula is C14H34N4Si. The number of rotatable bonds is 2. The first-order valence-corrected chi connectivity index (χ1v) is 10.9. The maximum absolute atomic E-state index is 2.62. The van der Waals surface area contributed by atoms with Gasteiger partial charge in [0.2, 0.25) is 0 Å². The molecule has 114 valence electrons. The third-order valence-corrected chi connectivity index (χ3v) is 7.02. The average Bonchev–Trinajstić information content (AvgIpc) is 2.26. The predicted molar refractivity (Wildman–Crippen MR) is 86.8 cm³/mol. The van der Waals surface area contributed by atoms with E-state index in [4.69, 9.17) is 0 Å². The summed E-state index contributed by atoms with van der Waals surface area (Å²) in [6, 6.07) is 1.15. The van der Waals surface area contributed by atoms with Gasteiger partial charge in [-0.15, -0.1) is 0 Å². The normalized spacial score (nSPS) is 33.5. The third kappa shape index (κ3) is 4.01. The van der Waals surface area contributed by atoms with E-state index < -0.39 is 8.24 Å². The Hall–Kier alpha value is 0.0569. The van der Waals surface area contributed by atoms with Crippen LogP contribution in [0.25, 0.3) is 0 Å². The van der Waals surface area contributed by atoms with Gasteiger partial charge in [-0.25, -0.2) is 0 Å². The monoisotopic (exact) mass is 286 g/mol. The molecule has 4 nitrogen and oxygen atoms in total. The molecule has 19 heavy (non-hydrogen) atoms. The predicted octanol–water partition coefficient (Wildman–Crippen LogP) is 1.62. The van der Waals surface area contributed by atoms with E-state index in [-0.39, 0.29) is 0 Å². The lowest BCUT2D eigenvalue weighted by molar-refractivity contribution is -0.0629. The number of likely N-dealkylation sites (N-methyl/N-ethyl adjacent to an activating group) is 3. The van der Waals surface area contributed by atoms with Gasteiger partial charge in [-0.05, 0) is 42.0 Å². The van der Waals surface area contributed by atoms with Crippen LogP contribution in [-0.2, 0) is 0 Å². The van der Waals surface area contributed by atoms with Gasteiger partial charge in [0, 0.05) is 25.2 Å². The van der Waals surface area contributed by atoms with Crippen molar-refractivity contribution in [3.8, 4) is 0 Å². The second-order valence-electron chi connectivity index (χ2n) is 7.38. The summed E-state index contributed by atoms with van der Waals surface area (Å²) in [5, 5.41) is 0. The summed E-state index contributed by atoms with van der Waals surface area (Å²) in [4.78, 5) is 7.52. The minimum absolute atomic E-state index is 0.408. The van der Waals surface area contributed by atoms with Crippen molar-refractivity contribution in [2.75, 3.05) is 41.3 Å². The summed E-state index contributed by atoms with van der Waals surface area (Å²) in [7, 11) is 7.77. The van der Waals surface area contributed by atoms with Gasteiger partial charge in [-0.3, -0.25) is 9.80 Å². The van der Waals surface area contributed by atoms with Crippen LogP contribution in [0.4, 0.5) is 0 Å². The molecule has 2 unspecified atom stereocenters. The zero-order valence-electron chi connectivity index (χ0n) is 14.4. The van der Waals surface area contributed by atoms with E-state index >= 15 is 0 Å². The Kier molecular flexibility index (Phi) is 5.60. The molecule has 2 atom stereocenters. The molecule has 0 N–H and O–H groups in total. The van der Waals surface area contributed by atoms with E-state index in [1.54, 1.807) is 0 Å². The van der Waals surface area contributed by atoms with Crippen molar-refractivity contribution in [2.45, 2.75) is 51.9 Å². The van der Waals surface area contributed by atoms with Gasteiger partial charge in [0.05, 0.1) is 0 Å². The van der Waals surface area contributed by atoms with Crippen LogP contribution >= 0.6 is 0 Å². The molecule has 5 heteroatoms. The molecule has 1 aliphatic rings. The van der Waals surface area contributed by atoms with Crippen LogP contribution in [0.1, 0.15) is 13.8 Å². The molecule has 0 amide bonds. The summed E-state index contributed by atoms with van der Waals surface area (Å²) in [6.07, 6.45) is 0.408. The minimum Gasteiger partial charge on any atom is -0.303 e. The molecule has 0 radical (unpaired) electrons. The molecule has 1 saturated heterocycles. The average molecular weight is 287 g/mol. The van der Waals surface area contributed by atoms with Gasteiger partial charge in [0.15, 0.2) is 0 Å². The molecule has 1 aliphatic heterocycles. The Labute approximate surface area is 121 Å². The SMILES string of the molecule is CC1CN(C)CC(C)N(C)C(N(C)[Si](C)(C)C)N1C. The highest BCUT2D eigenvalue weighted by atomic mass is 28.3. The second-order valence-corrected chi connectivity index (χ2v) is 12.4. The Morgan fingerprint density at radius 1 is 0.895 bits per heavy atom. The number of hydrogen-bond acceptors (Lipinski definition) is 4. The van der Waals surface area contributed by atoms with E-state index in [0.29, 0.717) is 18.4 Å². The maximum Gasteiger partial charge on any atom is 0.122 e. The summed E-state index contributed by atoms with van der Waals surface area (Å²) in [5.41, 5.74) is 0. The number of hydrogen-bond donors (Lipinski definition) is 0. The van der Waals surface area contributed by atoms with Crippen LogP contribution in [0.2, 0.25) is 19.6 Å². The van der Waals surface area contributed by atoms with Crippen LogP contribution in [0.3, 0.4) is 0 Å². The zero-order valence-corrected chi connectivity index (χ0v) is 15.4. The molecule has 1 heterocycles. The Morgan fingerprint density at radius 3 is 1.58 bits per heavy atom. The summed E-state index contributed by atoms with van der Waals surface area (Å²) < 4.78 is 2.62. The van der Waals surface area contributed by atoms with E-state index in [9.17, 15) is 0 Å². The van der Waals surface area contributed by atoms with Gasteiger partial charge in [0.1, 0.15) is 14.5 Å². The lowest BCUT2D eigenvalue weighted by Gasteiger charge is -2.52. The summed E-state index contributed by atoms with van der Waals surface area (Å²) >= 11 is 0. The molecule has 0 aromatic carbocycles. The molecule has 1 fully saturated rings. The van der Waals surface area contributed by atoms with Crippen molar-refractivity contribution < 1.29 is 0 Å². The Morgan fingerprint density at radius 2 is 1.26 bits per heavy atom. The topological polar surface area (TPSA) is 13.0 Å². The van der Waals surface area contributed by atoms with E-state index in [2.05, 4.69) is 80.9 Å². The van der Waals surface area contributed by atoms with Crippen LogP contribution in [-0.4, -0.2) is 87.2 Å². The molecular weight excluding hydrogens is 252 g/mol. The van der Waals surface area contributed by atoms with Gasteiger partial charge in [0.25, 0.3) is 0 Å². The van der Waals surface area contributed by atoms with Crippen LogP contribution in [0.15, 0.2) is 0 Å². The van der Waals surface area contributed by atoms with E-state index in [1.165, 1.54) is 0 Å². The molecule has 1 rings (SSSR count). The van der Waals surface area contributed by atoms with Crippen molar-refractivity contribution in [3.05, 3.63) is 0 Å². The standard InChI is InChI=1S/C14H34N4Si/c1-12-10-15(3)11-13(2)17(5)14(16(12)4)18(6)19(7,8)9/h12-14H,10-11H2,1-9H3. The maximum atomic E-state index is 2.62. The molecule has 0 aliphatic carbocycles. The van der Waals surface area contributed by atoms with Crippen molar-refractivity contribution >= 4 is 8.24 Å². The minimum atomic E-state index is -1.31. The summed E-state index contributed by atoms with van der Waals surface area (Å²) in [6.45, 7) is 14.2. The molecule has 0 aromatic heterocycles. The molecule has 0 spiro atoms. The third-order valence-electron chi connectivity index (χ3n) is 4.68. The first-order valence-electron chi connectivity index (χ1n) is 7.41. The number of nitrogens with zero attached hydrogens (tertiary/aromatic N) is 4. The highest BCUT2D eigenvalue weighted by molar-refractivity contribution is 6.73. The fraction of sp³-hybridized carbons (Fsp3) is 1.00. The molecule has 0 saturated carbocycles. The lowest BCUT2D eigenvalue weighted by atomic mass is 10.2.